The Bertz CT molecular complexity index is 2210. The molecule has 54 heavy (non-hydrogen) atoms. The van der Waals surface area contributed by atoms with Crippen molar-refractivity contribution < 1.29 is 37.9 Å². The molecule has 0 N–H and O–H groups in total. The van der Waals surface area contributed by atoms with Crippen molar-refractivity contribution in [2.75, 3.05) is 56.9 Å². The summed E-state index contributed by atoms with van der Waals surface area (Å²) in [5, 5.41) is 4.05. The van der Waals surface area contributed by atoms with Crippen molar-refractivity contribution in [3.8, 4) is 67.9 Å². The topological polar surface area (TPSA) is 73.8 Å². The number of benzene rings is 6. The molecule has 2 aliphatic rings. The summed E-state index contributed by atoms with van der Waals surface area (Å²) in [6.07, 6.45) is 2.98. The predicted octanol–water partition coefficient (Wildman–Crippen LogP) is 10.3. The van der Waals surface area contributed by atoms with E-state index in [4.69, 9.17) is 37.9 Å². The number of methoxy groups -OCH3 is 8. The molecular weight excluding hydrogens is 680 g/mol. The van der Waals surface area contributed by atoms with Gasteiger partial charge >= 0.3 is 0 Å². The molecule has 6 aromatic rings. The first-order chi connectivity index (χ1) is 26.5. The summed E-state index contributed by atoms with van der Waals surface area (Å²) in [6, 6.07) is 24.8. The minimum absolute atomic E-state index is 0.183. The van der Waals surface area contributed by atoms with Crippen molar-refractivity contribution in [1.82, 2.24) is 0 Å². The number of aryl methyl sites for hydroxylation is 2. The third-order valence-electron chi connectivity index (χ3n) is 11.4. The van der Waals surface area contributed by atoms with E-state index in [1.54, 1.807) is 56.9 Å². The Morgan fingerprint density at radius 2 is 0.778 bits per heavy atom. The van der Waals surface area contributed by atoms with Crippen LogP contribution in [0.4, 0.5) is 0 Å². The zero-order valence-electron chi connectivity index (χ0n) is 32.2. The highest BCUT2D eigenvalue weighted by Gasteiger charge is 2.38. The zero-order valence-corrected chi connectivity index (χ0v) is 32.2. The highest BCUT2D eigenvalue weighted by Crippen LogP contribution is 2.61. The minimum Gasteiger partial charge on any atom is -0.497 e. The fourth-order valence-electron chi connectivity index (χ4n) is 9.04. The van der Waals surface area contributed by atoms with Gasteiger partial charge in [-0.05, 0) is 95.1 Å². The van der Waals surface area contributed by atoms with Gasteiger partial charge in [0.2, 0.25) is 0 Å². The summed E-state index contributed by atoms with van der Waals surface area (Å²) in [5.74, 6) is 4.35. The molecule has 0 saturated heterocycles. The van der Waals surface area contributed by atoms with E-state index < -0.39 is 0 Å². The molecule has 8 nitrogen and oxygen atoms in total. The third kappa shape index (κ3) is 5.34. The van der Waals surface area contributed by atoms with E-state index in [9.17, 15) is 0 Å². The fourth-order valence-corrected chi connectivity index (χ4v) is 9.04. The summed E-state index contributed by atoms with van der Waals surface area (Å²) >= 11 is 0. The number of rotatable bonds is 11. The smallest absolute Gasteiger partial charge is 0.135 e. The molecule has 8 rings (SSSR count). The molecule has 0 unspecified atom stereocenters. The van der Waals surface area contributed by atoms with Crippen LogP contribution in [-0.2, 0) is 22.3 Å². The summed E-state index contributed by atoms with van der Waals surface area (Å²) in [5.41, 5.74) is 10.1. The third-order valence-corrected chi connectivity index (χ3v) is 11.4. The van der Waals surface area contributed by atoms with Gasteiger partial charge in [-0.15, -0.1) is 0 Å². The van der Waals surface area contributed by atoms with E-state index in [0.717, 1.165) is 115 Å². The first-order valence-corrected chi connectivity index (χ1v) is 18.3. The molecule has 2 atom stereocenters. The molecule has 0 radical (unpaired) electrons. The zero-order chi connectivity index (χ0) is 37.7. The number of hydrogen-bond donors (Lipinski definition) is 0. The van der Waals surface area contributed by atoms with E-state index >= 15 is 0 Å². The molecule has 0 spiro atoms. The highest BCUT2D eigenvalue weighted by molar-refractivity contribution is 6.20. The van der Waals surface area contributed by atoms with Crippen LogP contribution in [0.3, 0.4) is 0 Å². The average molecular weight is 727 g/mol. The van der Waals surface area contributed by atoms with Crippen LogP contribution in [0.25, 0.3) is 54.9 Å². The van der Waals surface area contributed by atoms with Crippen LogP contribution >= 0.6 is 0 Å². The molecule has 0 heterocycles. The van der Waals surface area contributed by atoms with Gasteiger partial charge in [0.15, 0.2) is 0 Å². The van der Waals surface area contributed by atoms with E-state index in [1.165, 1.54) is 11.1 Å². The predicted molar refractivity (Wildman–Crippen MR) is 213 cm³/mol. The Labute approximate surface area is 316 Å². The summed E-state index contributed by atoms with van der Waals surface area (Å²) < 4.78 is 49.8. The maximum absolute atomic E-state index is 6.71. The van der Waals surface area contributed by atoms with Gasteiger partial charge in [0.05, 0.1) is 54.9 Å². The van der Waals surface area contributed by atoms with E-state index in [0.29, 0.717) is 11.5 Å². The van der Waals surface area contributed by atoms with Gasteiger partial charge in [0, 0.05) is 58.4 Å². The monoisotopic (exact) mass is 726 g/mol. The molecule has 0 saturated carbocycles. The molecule has 2 aliphatic carbocycles. The second kappa shape index (κ2) is 14.4. The Balaban J connectivity index is 1.67. The largest absolute Gasteiger partial charge is 0.497 e. The van der Waals surface area contributed by atoms with Crippen LogP contribution in [-0.4, -0.2) is 56.9 Å². The highest BCUT2D eigenvalue weighted by atomic mass is 16.5. The van der Waals surface area contributed by atoms with E-state index in [1.807, 2.05) is 24.3 Å². The Kier molecular flexibility index (Phi) is 9.50. The van der Waals surface area contributed by atoms with Gasteiger partial charge in [0.25, 0.3) is 0 Å². The van der Waals surface area contributed by atoms with Crippen molar-refractivity contribution in [3.63, 3.8) is 0 Å². The van der Waals surface area contributed by atoms with Crippen molar-refractivity contribution in [2.45, 2.75) is 37.9 Å². The fraction of sp³-hybridized carbons (Fsp3) is 0.304. The van der Waals surface area contributed by atoms with Crippen molar-refractivity contribution in [2.24, 2.45) is 0 Å². The first kappa shape index (κ1) is 35.6. The van der Waals surface area contributed by atoms with Crippen molar-refractivity contribution in [3.05, 3.63) is 95.1 Å². The molecule has 0 amide bonds. The van der Waals surface area contributed by atoms with Gasteiger partial charge in [-0.1, -0.05) is 36.4 Å². The van der Waals surface area contributed by atoms with Gasteiger partial charge in [-0.3, -0.25) is 0 Å². The normalized spacial score (nSPS) is 16.0. The average Bonchev–Trinajstić information content (AvgIpc) is 3.23. The van der Waals surface area contributed by atoms with E-state index in [2.05, 4.69) is 48.5 Å². The van der Waals surface area contributed by atoms with Gasteiger partial charge in [-0.2, -0.15) is 0 Å². The van der Waals surface area contributed by atoms with Crippen LogP contribution in [0, 0.1) is 0 Å². The Hall–Kier alpha value is -5.44. The van der Waals surface area contributed by atoms with Gasteiger partial charge in [0.1, 0.15) is 34.5 Å². The molecule has 278 valence electrons. The summed E-state index contributed by atoms with van der Waals surface area (Å²) in [4.78, 5) is 0. The van der Waals surface area contributed by atoms with Crippen LogP contribution in [0.5, 0.6) is 34.5 Å². The van der Waals surface area contributed by atoms with Gasteiger partial charge < -0.3 is 37.9 Å². The summed E-state index contributed by atoms with van der Waals surface area (Å²) in [7, 11) is 13.9. The SMILES string of the molecule is COc1ccc(-c2c(OC)c(-c3c(OC)c(-c4ccc(OC)cc4)c4c5c(ccc(OC)c35)CC[C@H]4OC)c3c(OC)ccc4c3c2[C@@H](OC)CC4)cc1. The molecule has 6 aromatic carbocycles. The van der Waals surface area contributed by atoms with Crippen LogP contribution in [0.2, 0.25) is 0 Å². The van der Waals surface area contributed by atoms with Crippen LogP contribution in [0.1, 0.15) is 47.3 Å². The molecule has 0 fully saturated rings. The summed E-state index contributed by atoms with van der Waals surface area (Å²) in [6.45, 7) is 0. The van der Waals surface area contributed by atoms with E-state index in [-0.39, 0.29) is 12.2 Å². The minimum atomic E-state index is -0.183. The maximum atomic E-state index is 6.71. The van der Waals surface area contributed by atoms with Crippen molar-refractivity contribution in [1.29, 1.82) is 0 Å². The molecule has 0 bridgehead atoms. The number of hydrogen-bond acceptors (Lipinski definition) is 8. The molecular formula is C46H46O8. The molecule has 0 aromatic heterocycles. The lowest BCUT2D eigenvalue weighted by Gasteiger charge is -2.34. The molecule has 0 aliphatic heterocycles. The van der Waals surface area contributed by atoms with Gasteiger partial charge in [-0.25, -0.2) is 0 Å². The maximum Gasteiger partial charge on any atom is 0.135 e. The lowest BCUT2D eigenvalue weighted by molar-refractivity contribution is 0.0953. The van der Waals surface area contributed by atoms with Crippen LogP contribution in [0.15, 0.2) is 72.8 Å². The lowest BCUT2D eigenvalue weighted by atomic mass is 9.75. The second-order valence-electron chi connectivity index (χ2n) is 13.7. The Morgan fingerprint density at radius 1 is 0.389 bits per heavy atom. The van der Waals surface area contributed by atoms with Crippen molar-refractivity contribution >= 4 is 21.5 Å². The first-order valence-electron chi connectivity index (χ1n) is 18.3. The standard InChI is InChI=1S/C46H46O8/c1-47-29-17-9-27(10-18-29)37-39-31(49-3)21-13-25-15-23-33(51-5)41(35(25)39)43(45(37)53-7)44-42-34(52-6)24-16-26-14-22-32(50-4)40(36(26)42)38(46(44)54-8)28-11-19-30(48-2)20-12-28/h9-12,15-20,23-24,31-32H,13-14,21-22H2,1-8H3/t31-,32+. The quantitative estimate of drug-likeness (QED) is 0.131. The van der Waals surface area contributed by atoms with Crippen LogP contribution < -0.4 is 28.4 Å². The second-order valence-corrected chi connectivity index (χ2v) is 13.7. The lowest BCUT2D eigenvalue weighted by Crippen LogP contribution is -2.15. The number of ether oxygens (including phenoxy) is 8. The Morgan fingerprint density at radius 3 is 1.09 bits per heavy atom. The molecule has 8 heteroatoms.